The monoisotopic (exact) mass is 270 g/mol. The fraction of sp³-hybridized carbons (Fsp3) is 0.538. The van der Waals surface area contributed by atoms with E-state index >= 15 is 0 Å². The van der Waals surface area contributed by atoms with E-state index in [4.69, 9.17) is 25.8 Å². The Morgan fingerprint density at radius 3 is 2.42 bits per heavy atom. The molecular weight excluding hydrogens is 246 g/mol. The van der Waals surface area contributed by atoms with E-state index in [1.165, 1.54) is 0 Å². The van der Waals surface area contributed by atoms with Gasteiger partial charge in [-0.3, -0.25) is 0 Å². The molecule has 0 aliphatic heterocycles. The molecule has 0 unspecified atom stereocenters. The topological polar surface area (TPSA) is 79.7 Å². The molecule has 4 N–H and O–H groups in total. The summed E-state index contributed by atoms with van der Waals surface area (Å²) in [5, 5.41) is 0. The van der Waals surface area contributed by atoms with Crippen molar-refractivity contribution in [1.82, 2.24) is 4.59 Å². The number of nitrogen functional groups attached to an aromatic ring is 1. The van der Waals surface area contributed by atoms with Crippen LogP contribution in [0.25, 0.3) is 0 Å². The molecule has 0 saturated carbocycles. The second-order valence-corrected chi connectivity index (χ2v) is 4.68. The lowest BCUT2D eigenvalue weighted by Crippen LogP contribution is -2.48. The molecule has 0 amide bonds. The average molecular weight is 270 g/mol. The number of anilines is 1. The highest BCUT2D eigenvalue weighted by atomic mass is 16.5. The van der Waals surface area contributed by atoms with Gasteiger partial charge in [0, 0.05) is 13.2 Å². The summed E-state index contributed by atoms with van der Waals surface area (Å²) >= 11 is 0. The van der Waals surface area contributed by atoms with E-state index in [-0.39, 0.29) is 4.59 Å². The summed E-state index contributed by atoms with van der Waals surface area (Å²) in [5.74, 6) is 6.63. The third-order valence-corrected chi connectivity index (χ3v) is 2.58. The lowest BCUT2D eigenvalue weighted by molar-refractivity contribution is 0.0545. The minimum absolute atomic E-state index is 0.160. The Morgan fingerprint density at radius 1 is 1.11 bits per heavy atom. The molecule has 0 fully saturated rings. The van der Waals surface area contributed by atoms with Crippen molar-refractivity contribution in [1.29, 1.82) is 0 Å². The van der Waals surface area contributed by atoms with E-state index in [9.17, 15) is 0 Å². The number of nitrogens with two attached hydrogens (primary N) is 2. The zero-order chi connectivity index (χ0) is 14.3. The van der Waals surface area contributed by atoms with Crippen molar-refractivity contribution in [3.05, 3.63) is 18.2 Å². The number of methoxy groups -OCH3 is 1. The molecule has 1 aromatic carbocycles. The van der Waals surface area contributed by atoms with Gasteiger partial charge in [-0.2, -0.15) is 5.84 Å². The lowest BCUT2D eigenvalue weighted by atomic mass is 10.2. The Morgan fingerprint density at radius 2 is 1.79 bits per heavy atom. The van der Waals surface area contributed by atoms with Gasteiger partial charge in [-0.1, -0.05) is 6.07 Å². The van der Waals surface area contributed by atoms with Crippen LogP contribution < -0.4 is 20.9 Å². The van der Waals surface area contributed by atoms with Crippen LogP contribution >= 0.6 is 0 Å². The highest BCUT2D eigenvalue weighted by molar-refractivity contribution is 5.71. The van der Waals surface area contributed by atoms with Crippen LogP contribution in [0.5, 0.6) is 5.75 Å². The van der Waals surface area contributed by atoms with Gasteiger partial charge in [-0.15, -0.1) is 0 Å². The smallest absolute Gasteiger partial charge is 0.178 e. The molecule has 1 rings (SSSR count). The molecule has 0 aliphatic carbocycles. The zero-order valence-corrected chi connectivity index (χ0v) is 11.9. The van der Waals surface area contributed by atoms with Crippen LogP contribution in [0.2, 0.25) is 0 Å². The maximum absolute atomic E-state index is 6.05. The SMILES string of the molecule is COCCOCCOc1cccc([N+](C)(C)N)c1N. The first-order chi connectivity index (χ1) is 8.96. The molecule has 0 bridgehead atoms. The predicted octanol–water partition coefficient (Wildman–Crippen LogP) is 0.751. The van der Waals surface area contributed by atoms with E-state index in [1.807, 2.05) is 32.3 Å². The summed E-state index contributed by atoms with van der Waals surface area (Å²) in [6.07, 6.45) is 0. The summed E-state index contributed by atoms with van der Waals surface area (Å²) in [6.45, 7) is 2.07. The second kappa shape index (κ2) is 7.30. The molecule has 6 heteroatoms. The quantitative estimate of drug-likeness (QED) is 0.239. The van der Waals surface area contributed by atoms with E-state index < -0.39 is 0 Å². The summed E-state index contributed by atoms with van der Waals surface area (Å²) in [6, 6.07) is 5.58. The number of rotatable bonds is 8. The van der Waals surface area contributed by atoms with Crippen LogP contribution in [0.1, 0.15) is 0 Å². The molecule has 0 aliphatic rings. The number of para-hydroxylation sites is 1. The summed E-state index contributed by atoms with van der Waals surface area (Å²) in [7, 11) is 5.34. The Bertz CT molecular complexity index is 391. The van der Waals surface area contributed by atoms with Gasteiger partial charge in [0.2, 0.25) is 0 Å². The fourth-order valence-corrected chi connectivity index (χ4v) is 1.62. The minimum Gasteiger partial charge on any atom is -0.489 e. The number of nitrogens with zero attached hydrogens (tertiary/aromatic N) is 1. The molecule has 0 atom stereocenters. The van der Waals surface area contributed by atoms with Crippen LogP contribution in [-0.4, -0.2) is 47.6 Å². The Kier molecular flexibility index (Phi) is 6.04. The van der Waals surface area contributed by atoms with Crippen molar-refractivity contribution in [3.8, 4) is 5.75 Å². The van der Waals surface area contributed by atoms with Crippen LogP contribution in [0.4, 0.5) is 11.4 Å². The first-order valence-corrected chi connectivity index (χ1v) is 6.18. The van der Waals surface area contributed by atoms with Crippen LogP contribution in [0, 0.1) is 0 Å². The molecule has 0 aromatic heterocycles. The van der Waals surface area contributed by atoms with Gasteiger partial charge >= 0.3 is 0 Å². The van der Waals surface area contributed by atoms with Gasteiger partial charge in [0.25, 0.3) is 0 Å². The normalized spacial score (nSPS) is 11.6. The third-order valence-electron chi connectivity index (χ3n) is 2.58. The number of ether oxygens (including phenoxy) is 3. The van der Waals surface area contributed by atoms with E-state index in [2.05, 4.69) is 0 Å². The Labute approximate surface area is 114 Å². The highest BCUT2D eigenvalue weighted by Gasteiger charge is 2.19. The van der Waals surface area contributed by atoms with E-state index in [0.717, 1.165) is 5.69 Å². The molecular formula is C13H24N3O3+. The van der Waals surface area contributed by atoms with Crippen molar-refractivity contribution in [2.45, 2.75) is 0 Å². The summed E-state index contributed by atoms with van der Waals surface area (Å²) < 4.78 is 15.9. The molecule has 6 nitrogen and oxygen atoms in total. The zero-order valence-electron chi connectivity index (χ0n) is 11.9. The molecule has 0 radical (unpaired) electrons. The standard InChI is InChI=1S/C13H24N3O3/c1-16(2,15)11-5-4-6-12(13(11)14)19-10-9-18-8-7-17-3/h4-6H,7-10,14-15H2,1-3H3/q+1. The number of hydrogen-bond acceptors (Lipinski definition) is 5. The molecule has 0 heterocycles. The van der Waals surface area contributed by atoms with Gasteiger partial charge in [-0.25, -0.2) is 4.59 Å². The Hall–Kier alpha value is -1.34. The average Bonchev–Trinajstić information content (AvgIpc) is 2.34. The fourth-order valence-electron chi connectivity index (χ4n) is 1.62. The van der Waals surface area contributed by atoms with Gasteiger partial charge in [0.15, 0.2) is 5.69 Å². The lowest BCUT2D eigenvalue weighted by Gasteiger charge is -2.24. The van der Waals surface area contributed by atoms with Crippen molar-refractivity contribution in [2.24, 2.45) is 5.84 Å². The van der Waals surface area contributed by atoms with Gasteiger partial charge in [0.05, 0.1) is 33.9 Å². The van der Waals surface area contributed by atoms with Gasteiger partial charge in [0.1, 0.15) is 18.0 Å². The minimum atomic E-state index is 0.160. The van der Waals surface area contributed by atoms with E-state index in [0.29, 0.717) is 37.9 Å². The molecule has 19 heavy (non-hydrogen) atoms. The molecule has 0 spiro atoms. The molecule has 108 valence electrons. The maximum Gasteiger partial charge on any atom is 0.178 e. The molecule has 1 aromatic rings. The van der Waals surface area contributed by atoms with E-state index in [1.54, 1.807) is 7.11 Å². The van der Waals surface area contributed by atoms with Crippen LogP contribution in [0.3, 0.4) is 0 Å². The van der Waals surface area contributed by atoms with Crippen LogP contribution in [0.15, 0.2) is 18.2 Å². The highest BCUT2D eigenvalue weighted by Crippen LogP contribution is 2.32. The first kappa shape index (κ1) is 15.7. The van der Waals surface area contributed by atoms with Crippen molar-refractivity contribution >= 4 is 11.4 Å². The maximum atomic E-state index is 6.05. The molecule has 0 saturated heterocycles. The van der Waals surface area contributed by atoms with Crippen LogP contribution in [-0.2, 0) is 9.47 Å². The Balaban J connectivity index is 2.51. The van der Waals surface area contributed by atoms with Crippen molar-refractivity contribution < 1.29 is 14.2 Å². The number of benzene rings is 1. The largest absolute Gasteiger partial charge is 0.489 e. The predicted molar refractivity (Wildman–Crippen MR) is 76.9 cm³/mol. The first-order valence-electron chi connectivity index (χ1n) is 6.18. The second-order valence-electron chi connectivity index (χ2n) is 4.68. The van der Waals surface area contributed by atoms with Gasteiger partial charge in [-0.05, 0) is 6.07 Å². The third kappa shape index (κ3) is 5.04. The summed E-state index contributed by atoms with van der Waals surface area (Å²) in [4.78, 5) is 0. The number of hydrogen-bond donors (Lipinski definition) is 2. The summed E-state index contributed by atoms with van der Waals surface area (Å²) in [5.41, 5.74) is 7.43. The van der Waals surface area contributed by atoms with Crippen molar-refractivity contribution in [3.63, 3.8) is 0 Å². The number of quaternary nitrogens is 1. The van der Waals surface area contributed by atoms with Crippen molar-refractivity contribution in [2.75, 3.05) is 53.4 Å². The van der Waals surface area contributed by atoms with Gasteiger partial charge < -0.3 is 19.9 Å².